The second-order valence-electron chi connectivity index (χ2n) is 5.00. The molecule has 1 aliphatic rings. The molecule has 1 saturated heterocycles. The maximum Gasteiger partial charge on any atom is 0.0886 e. The van der Waals surface area contributed by atoms with E-state index >= 15 is 0 Å². The van der Waals surface area contributed by atoms with Crippen LogP contribution in [0.3, 0.4) is 0 Å². The van der Waals surface area contributed by atoms with Gasteiger partial charge >= 0.3 is 0 Å². The number of hydrogen-bond donors (Lipinski definition) is 0. The van der Waals surface area contributed by atoms with E-state index in [4.69, 9.17) is 0 Å². The molecule has 76 valence electrons. The molecule has 0 amide bonds. The van der Waals surface area contributed by atoms with Crippen molar-refractivity contribution >= 4 is 8.07 Å². The van der Waals surface area contributed by atoms with Crippen molar-refractivity contribution in [1.82, 2.24) is 4.90 Å². The molecule has 1 aliphatic heterocycles. The van der Waals surface area contributed by atoms with Gasteiger partial charge in [-0.25, -0.2) is 0 Å². The minimum atomic E-state index is -1.14. The molecule has 1 nitrogen and oxygen atoms in total. The van der Waals surface area contributed by atoms with Crippen LogP contribution in [0.2, 0.25) is 13.1 Å². The largest absolute Gasteiger partial charge is 0.306 e. The summed E-state index contributed by atoms with van der Waals surface area (Å²) in [5.74, 6) is 0. The van der Waals surface area contributed by atoms with Crippen molar-refractivity contribution in [2.45, 2.75) is 39.3 Å². The molecule has 13 heavy (non-hydrogen) atoms. The van der Waals surface area contributed by atoms with Crippen LogP contribution in [0.25, 0.3) is 0 Å². The van der Waals surface area contributed by atoms with Crippen LogP contribution in [0, 0.1) is 0 Å². The van der Waals surface area contributed by atoms with E-state index in [-0.39, 0.29) is 0 Å². The Morgan fingerprint density at radius 1 is 1.23 bits per heavy atom. The van der Waals surface area contributed by atoms with Gasteiger partial charge in [0.15, 0.2) is 0 Å². The molecule has 0 aliphatic carbocycles. The van der Waals surface area contributed by atoms with Crippen LogP contribution in [0.1, 0.15) is 26.2 Å². The first-order chi connectivity index (χ1) is 6.02. The Labute approximate surface area is 83.8 Å². The molecule has 0 aromatic carbocycles. The fourth-order valence-corrected chi connectivity index (χ4v) is 3.52. The zero-order valence-corrected chi connectivity index (χ0v) is 10.4. The number of nitrogens with zero attached hydrogens (tertiary/aromatic N) is 1. The third-order valence-corrected chi connectivity index (χ3v) is 6.77. The van der Waals surface area contributed by atoms with E-state index in [0.29, 0.717) is 0 Å². The topological polar surface area (TPSA) is 3.24 Å². The molecule has 2 heteroatoms. The molecule has 1 fully saturated rings. The second kappa shape index (κ2) is 4.42. The van der Waals surface area contributed by atoms with Crippen LogP contribution in [0.15, 0.2) is 11.8 Å². The Balaban J connectivity index is 2.41. The highest BCUT2D eigenvalue weighted by atomic mass is 28.3. The van der Waals surface area contributed by atoms with Crippen LogP contribution in [-0.4, -0.2) is 32.2 Å². The summed E-state index contributed by atoms with van der Waals surface area (Å²) in [6.07, 6.45) is 5.56. The number of rotatable bonds is 3. The fourth-order valence-electron chi connectivity index (χ4n) is 1.81. The van der Waals surface area contributed by atoms with Gasteiger partial charge in [0.2, 0.25) is 0 Å². The molecule has 0 atom stereocenters. The minimum absolute atomic E-state index is 1.14. The summed E-state index contributed by atoms with van der Waals surface area (Å²) in [6, 6.07) is 0. The standard InChI is InChI=1S/C11H23NSi/c1-11(2)13(3,4)10-12-8-6-5-7-9-12/h1,5-10H2,2-4H3. The van der Waals surface area contributed by atoms with Crippen LogP contribution < -0.4 is 0 Å². The molecular weight excluding hydrogens is 174 g/mol. The average molecular weight is 197 g/mol. The smallest absolute Gasteiger partial charge is 0.0886 e. The van der Waals surface area contributed by atoms with Crippen molar-refractivity contribution < 1.29 is 0 Å². The van der Waals surface area contributed by atoms with Crippen LogP contribution in [0.5, 0.6) is 0 Å². The fraction of sp³-hybridized carbons (Fsp3) is 0.818. The van der Waals surface area contributed by atoms with Crippen LogP contribution >= 0.6 is 0 Å². The lowest BCUT2D eigenvalue weighted by molar-refractivity contribution is 0.259. The van der Waals surface area contributed by atoms with Gasteiger partial charge < -0.3 is 4.90 Å². The number of likely N-dealkylation sites (tertiary alicyclic amines) is 1. The van der Waals surface area contributed by atoms with Crippen molar-refractivity contribution in [2.75, 3.05) is 19.3 Å². The summed E-state index contributed by atoms with van der Waals surface area (Å²) < 4.78 is 0. The number of allylic oxidation sites excluding steroid dienone is 1. The highest BCUT2D eigenvalue weighted by Crippen LogP contribution is 2.17. The number of piperidine rings is 1. The van der Waals surface area contributed by atoms with Crippen molar-refractivity contribution in [3.05, 3.63) is 11.8 Å². The molecule has 0 spiro atoms. The van der Waals surface area contributed by atoms with E-state index in [1.54, 1.807) is 0 Å². The molecule has 0 aromatic heterocycles. The van der Waals surface area contributed by atoms with E-state index in [9.17, 15) is 0 Å². The van der Waals surface area contributed by atoms with Crippen molar-refractivity contribution in [3.8, 4) is 0 Å². The predicted molar refractivity (Wildman–Crippen MR) is 62.6 cm³/mol. The summed E-state index contributed by atoms with van der Waals surface area (Å²) in [5, 5.41) is 1.44. The first kappa shape index (κ1) is 11.0. The van der Waals surface area contributed by atoms with E-state index in [1.807, 2.05) is 0 Å². The van der Waals surface area contributed by atoms with Crippen LogP contribution in [0.4, 0.5) is 0 Å². The van der Waals surface area contributed by atoms with Gasteiger partial charge in [0.05, 0.1) is 8.07 Å². The highest BCUT2D eigenvalue weighted by molar-refractivity contribution is 6.84. The van der Waals surface area contributed by atoms with E-state index in [0.717, 1.165) is 0 Å². The molecular formula is C11H23NSi. The van der Waals surface area contributed by atoms with E-state index in [1.165, 1.54) is 43.7 Å². The quantitative estimate of drug-likeness (QED) is 0.629. The van der Waals surface area contributed by atoms with Gasteiger partial charge in [-0.2, -0.15) is 0 Å². The Hall–Kier alpha value is -0.0831. The normalized spacial score (nSPS) is 20.2. The van der Waals surface area contributed by atoms with Gasteiger partial charge in [-0.3, -0.25) is 0 Å². The first-order valence-corrected chi connectivity index (χ1v) is 8.61. The van der Waals surface area contributed by atoms with Gasteiger partial charge in [-0.15, -0.1) is 6.58 Å². The molecule has 1 rings (SSSR count). The Kier molecular flexibility index (Phi) is 3.74. The lowest BCUT2D eigenvalue weighted by Crippen LogP contribution is -2.45. The zero-order valence-electron chi connectivity index (χ0n) is 9.40. The molecule has 0 N–H and O–H groups in total. The Bertz CT molecular complexity index is 181. The van der Waals surface area contributed by atoms with Crippen LogP contribution in [-0.2, 0) is 0 Å². The lowest BCUT2D eigenvalue weighted by Gasteiger charge is -2.34. The highest BCUT2D eigenvalue weighted by Gasteiger charge is 2.25. The molecule has 0 unspecified atom stereocenters. The molecule has 0 saturated carbocycles. The molecule has 0 bridgehead atoms. The molecule has 1 heterocycles. The van der Waals surface area contributed by atoms with Gasteiger partial charge in [0, 0.05) is 0 Å². The monoisotopic (exact) mass is 197 g/mol. The van der Waals surface area contributed by atoms with Crippen molar-refractivity contribution in [3.63, 3.8) is 0 Å². The second-order valence-corrected chi connectivity index (χ2v) is 9.94. The molecule has 0 aromatic rings. The summed E-state index contributed by atoms with van der Waals surface area (Å²) >= 11 is 0. The summed E-state index contributed by atoms with van der Waals surface area (Å²) in [7, 11) is -1.14. The Morgan fingerprint density at radius 3 is 2.23 bits per heavy atom. The minimum Gasteiger partial charge on any atom is -0.306 e. The summed E-state index contributed by atoms with van der Waals surface area (Å²) in [4.78, 5) is 2.64. The third-order valence-electron chi connectivity index (χ3n) is 3.22. The van der Waals surface area contributed by atoms with Crippen molar-refractivity contribution in [2.24, 2.45) is 0 Å². The maximum atomic E-state index is 4.13. The maximum absolute atomic E-state index is 4.13. The first-order valence-electron chi connectivity index (χ1n) is 5.41. The van der Waals surface area contributed by atoms with Gasteiger partial charge in [-0.1, -0.05) is 24.7 Å². The van der Waals surface area contributed by atoms with Gasteiger partial charge in [0.1, 0.15) is 0 Å². The van der Waals surface area contributed by atoms with E-state index < -0.39 is 8.07 Å². The molecule has 0 radical (unpaired) electrons. The Morgan fingerprint density at radius 2 is 1.77 bits per heavy atom. The zero-order chi connectivity index (χ0) is 9.90. The van der Waals surface area contributed by atoms with Crippen molar-refractivity contribution in [1.29, 1.82) is 0 Å². The third kappa shape index (κ3) is 3.28. The average Bonchev–Trinajstić information content (AvgIpc) is 2.05. The van der Waals surface area contributed by atoms with E-state index in [2.05, 4.69) is 31.5 Å². The lowest BCUT2D eigenvalue weighted by atomic mass is 10.1. The van der Waals surface area contributed by atoms with Gasteiger partial charge in [0.25, 0.3) is 0 Å². The predicted octanol–water partition coefficient (Wildman–Crippen LogP) is 2.84. The summed E-state index contributed by atoms with van der Waals surface area (Å²) in [5.41, 5.74) is 0. The summed E-state index contributed by atoms with van der Waals surface area (Å²) in [6.45, 7) is 13.8. The van der Waals surface area contributed by atoms with Gasteiger partial charge in [-0.05, 0) is 39.0 Å². The number of hydrogen-bond acceptors (Lipinski definition) is 1. The SMILES string of the molecule is C=C(C)[Si](C)(C)CN1CCCCC1.